The summed E-state index contributed by atoms with van der Waals surface area (Å²) in [5.74, 6) is -0.0548. The molecule has 0 radical (unpaired) electrons. The van der Waals surface area contributed by atoms with Gasteiger partial charge in [0.05, 0.1) is 24.8 Å². The standard InChI is InChI=1S/C17H19NO5S/c1-13-11-15(9-10-16(13)22-2)24(20,21)18(12-17(19)23-3)14-7-5-4-6-8-14/h4-11H,12H2,1-3H3. The zero-order valence-electron chi connectivity index (χ0n) is 13.7. The van der Waals surface area contributed by atoms with Crippen molar-refractivity contribution < 1.29 is 22.7 Å². The Bertz CT molecular complexity index is 818. The van der Waals surface area contributed by atoms with Gasteiger partial charge in [-0.2, -0.15) is 0 Å². The van der Waals surface area contributed by atoms with E-state index in [-0.39, 0.29) is 4.90 Å². The van der Waals surface area contributed by atoms with Crippen LogP contribution in [0.2, 0.25) is 0 Å². The number of carbonyl (C=O) groups is 1. The summed E-state index contributed by atoms with van der Waals surface area (Å²) in [7, 11) is -1.19. The van der Waals surface area contributed by atoms with Crippen LogP contribution in [0.3, 0.4) is 0 Å². The van der Waals surface area contributed by atoms with Crippen molar-refractivity contribution in [3.8, 4) is 5.75 Å². The lowest BCUT2D eigenvalue weighted by Crippen LogP contribution is -2.36. The summed E-state index contributed by atoms with van der Waals surface area (Å²) in [5.41, 5.74) is 1.07. The van der Waals surface area contributed by atoms with Crippen LogP contribution in [0.1, 0.15) is 5.56 Å². The van der Waals surface area contributed by atoms with E-state index >= 15 is 0 Å². The first kappa shape index (κ1) is 17.8. The van der Waals surface area contributed by atoms with E-state index in [0.29, 0.717) is 17.0 Å². The van der Waals surface area contributed by atoms with Gasteiger partial charge in [0.2, 0.25) is 0 Å². The van der Waals surface area contributed by atoms with Gasteiger partial charge in [0.1, 0.15) is 12.3 Å². The number of sulfonamides is 1. The number of aryl methyl sites for hydroxylation is 1. The third-order valence-corrected chi connectivity index (χ3v) is 5.27. The number of carbonyl (C=O) groups excluding carboxylic acids is 1. The molecule has 0 heterocycles. The molecule has 0 unspecified atom stereocenters. The number of para-hydroxylation sites is 1. The Morgan fingerprint density at radius 2 is 1.75 bits per heavy atom. The second-order valence-corrected chi connectivity index (χ2v) is 6.92. The minimum Gasteiger partial charge on any atom is -0.496 e. The van der Waals surface area contributed by atoms with Gasteiger partial charge in [-0.05, 0) is 42.8 Å². The van der Waals surface area contributed by atoms with Crippen LogP contribution in [0.25, 0.3) is 0 Å². The Balaban J connectivity index is 2.51. The van der Waals surface area contributed by atoms with E-state index in [1.54, 1.807) is 43.3 Å². The van der Waals surface area contributed by atoms with Crippen LogP contribution in [0.15, 0.2) is 53.4 Å². The predicted molar refractivity (Wildman–Crippen MR) is 90.7 cm³/mol. The second-order valence-electron chi connectivity index (χ2n) is 5.05. The Kier molecular flexibility index (Phi) is 5.46. The number of hydrogen-bond donors (Lipinski definition) is 0. The topological polar surface area (TPSA) is 72.9 Å². The summed E-state index contributed by atoms with van der Waals surface area (Å²) in [6.07, 6.45) is 0. The molecular formula is C17H19NO5S. The molecule has 0 aromatic heterocycles. The number of anilines is 1. The number of hydrogen-bond acceptors (Lipinski definition) is 5. The summed E-state index contributed by atoms with van der Waals surface area (Å²) >= 11 is 0. The molecular weight excluding hydrogens is 330 g/mol. The summed E-state index contributed by atoms with van der Waals surface area (Å²) in [6.45, 7) is 1.35. The molecule has 0 amide bonds. The minimum absolute atomic E-state index is 0.0774. The second kappa shape index (κ2) is 7.35. The van der Waals surface area contributed by atoms with E-state index in [2.05, 4.69) is 4.74 Å². The molecule has 0 fully saturated rings. The highest BCUT2D eigenvalue weighted by atomic mass is 32.2. The summed E-state index contributed by atoms with van der Waals surface area (Å²) in [5, 5.41) is 0. The maximum absolute atomic E-state index is 13.0. The van der Waals surface area contributed by atoms with Crippen molar-refractivity contribution in [2.75, 3.05) is 25.1 Å². The Labute approximate surface area is 141 Å². The average Bonchev–Trinajstić information content (AvgIpc) is 2.59. The quantitative estimate of drug-likeness (QED) is 0.749. The average molecular weight is 349 g/mol. The molecule has 0 N–H and O–H groups in total. The molecule has 0 aliphatic carbocycles. The lowest BCUT2D eigenvalue weighted by molar-refractivity contribution is -0.138. The first-order valence-electron chi connectivity index (χ1n) is 7.19. The molecule has 6 nitrogen and oxygen atoms in total. The van der Waals surface area contributed by atoms with Crippen molar-refractivity contribution in [3.63, 3.8) is 0 Å². The van der Waals surface area contributed by atoms with Crippen LogP contribution in [0.4, 0.5) is 5.69 Å². The molecule has 7 heteroatoms. The lowest BCUT2D eigenvalue weighted by atomic mass is 10.2. The van der Waals surface area contributed by atoms with Gasteiger partial charge in [-0.15, -0.1) is 0 Å². The number of ether oxygens (including phenoxy) is 2. The zero-order valence-corrected chi connectivity index (χ0v) is 14.5. The molecule has 0 saturated heterocycles. The van der Waals surface area contributed by atoms with Crippen LogP contribution in [-0.4, -0.2) is 35.2 Å². The van der Waals surface area contributed by atoms with E-state index < -0.39 is 22.5 Å². The van der Waals surface area contributed by atoms with Gasteiger partial charge >= 0.3 is 5.97 Å². The number of nitrogens with zero attached hydrogens (tertiary/aromatic N) is 1. The van der Waals surface area contributed by atoms with Crippen molar-refractivity contribution in [2.45, 2.75) is 11.8 Å². The largest absolute Gasteiger partial charge is 0.496 e. The first-order valence-corrected chi connectivity index (χ1v) is 8.63. The fourth-order valence-corrected chi connectivity index (χ4v) is 3.72. The molecule has 0 aliphatic rings. The van der Waals surface area contributed by atoms with Gasteiger partial charge in [0.15, 0.2) is 0 Å². The molecule has 0 aliphatic heterocycles. The van der Waals surface area contributed by atoms with Gasteiger partial charge in [-0.3, -0.25) is 9.10 Å². The Morgan fingerprint density at radius 1 is 1.08 bits per heavy atom. The minimum atomic E-state index is -3.93. The molecule has 0 bridgehead atoms. The van der Waals surface area contributed by atoms with Gasteiger partial charge in [0, 0.05) is 0 Å². The van der Waals surface area contributed by atoms with E-state index in [0.717, 1.165) is 4.31 Å². The molecule has 128 valence electrons. The van der Waals surface area contributed by atoms with E-state index in [1.165, 1.54) is 26.4 Å². The van der Waals surface area contributed by atoms with Crippen LogP contribution in [-0.2, 0) is 19.6 Å². The van der Waals surface area contributed by atoms with Crippen molar-refractivity contribution >= 4 is 21.7 Å². The van der Waals surface area contributed by atoms with Gasteiger partial charge < -0.3 is 9.47 Å². The molecule has 2 aromatic carbocycles. The first-order chi connectivity index (χ1) is 11.4. The normalized spacial score (nSPS) is 11.0. The molecule has 0 atom stereocenters. The SMILES string of the molecule is COC(=O)CN(c1ccccc1)S(=O)(=O)c1ccc(OC)c(C)c1. The highest BCUT2D eigenvalue weighted by Gasteiger charge is 2.27. The van der Waals surface area contributed by atoms with Crippen LogP contribution < -0.4 is 9.04 Å². The van der Waals surface area contributed by atoms with Gasteiger partial charge in [-0.25, -0.2) is 8.42 Å². The third-order valence-electron chi connectivity index (χ3n) is 3.50. The monoisotopic (exact) mass is 349 g/mol. The van der Waals surface area contributed by atoms with E-state index in [4.69, 9.17) is 4.74 Å². The van der Waals surface area contributed by atoms with Gasteiger partial charge in [-0.1, -0.05) is 18.2 Å². The maximum atomic E-state index is 13.0. The molecule has 2 rings (SSSR count). The lowest BCUT2D eigenvalue weighted by Gasteiger charge is -2.23. The van der Waals surface area contributed by atoms with Crippen molar-refractivity contribution in [1.82, 2.24) is 0 Å². The highest BCUT2D eigenvalue weighted by Crippen LogP contribution is 2.27. The predicted octanol–water partition coefficient (Wildman–Crippen LogP) is 2.37. The van der Waals surface area contributed by atoms with Gasteiger partial charge in [0.25, 0.3) is 10.0 Å². The number of esters is 1. The third kappa shape index (κ3) is 3.68. The molecule has 2 aromatic rings. The van der Waals surface area contributed by atoms with Crippen molar-refractivity contribution in [3.05, 3.63) is 54.1 Å². The molecule has 0 spiro atoms. The van der Waals surface area contributed by atoms with Crippen LogP contribution in [0, 0.1) is 6.92 Å². The zero-order chi connectivity index (χ0) is 17.7. The van der Waals surface area contributed by atoms with Crippen molar-refractivity contribution in [2.24, 2.45) is 0 Å². The smallest absolute Gasteiger partial charge is 0.326 e. The number of rotatable bonds is 6. The molecule has 0 saturated carbocycles. The Morgan fingerprint density at radius 3 is 2.29 bits per heavy atom. The van der Waals surface area contributed by atoms with E-state index in [9.17, 15) is 13.2 Å². The summed E-state index contributed by atoms with van der Waals surface area (Å²) in [6, 6.07) is 13.0. The fraction of sp³-hybridized carbons (Fsp3) is 0.235. The van der Waals surface area contributed by atoms with Crippen LogP contribution in [0.5, 0.6) is 5.75 Å². The fourth-order valence-electron chi connectivity index (χ4n) is 2.23. The maximum Gasteiger partial charge on any atom is 0.326 e. The highest BCUT2D eigenvalue weighted by molar-refractivity contribution is 7.92. The van der Waals surface area contributed by atoms with E-state index in [1.807, 2.05) is 0 Å². The summed E-state index contributed by atoms with van der Waals surface area (Å²) < 4.78 is 36.8. The number of methoxy groups -OCH3 is 2. The molecule has 24 heavy (non-hydrogen) atoms. The number of benzene rings is 2. The van der Waals surface area contributed by atoms with Crippen LogP contribution >= 0.6 is 0 Å². The van der Waals surface area contributed by atoms with Crippen molar-refractivity contribution in [1.29, 1.82) is 0 Å². The summed E-state index contributed by atoms with van der Waals surface area (Å²) in [4.78, 5) is 11.8. The Hall–Kier alpha value is -2.54.